The zero-order chi connectivity index (χ0) is 9.26. The fourth-order valence-corrected chi connectivity index (χ4v) is 1.49. The Balaban J connectivity index is 2.30. The largest absolute Gasteiger partial charge is 0.454 e. The first-order valence-corrected chi connectivity index (χ1v) is 4.80. The second kappa shape index (κ2) is 3.46. The maximum absolute atomic E-state index is 5.77. The van der Waals surface area contributed by atoms with Gasteiger partial charge >= 0.3 is 0 Å². The van der Waals surface area contributed by atoms with Gasteiger partial charge in [-0.1, -0.05) is 13.0 Å². The van der Waals surface area contributed by atoms with E-state index in [0.29, 0.717) is 18.6 Å². The molecule has 0 saturated carbocycles. The molecule has 0 aliphatic carbocycles. The highest BCUT2D eigenvalue weighted by Crippen LogP contribution is 2.34. The van der Waals surface area contributed by atoms with Crippen LogP contribution in [0.25, 0.3) is 0 Å². The zero-order valence-electron chi connectivity index (χ0n) is 7.42. The van der Waals surface area contributed by atoms with Gasteiger partial charge in [-0.15, -0.1) is 11.6 Å². The Hall–Kier alpha value is -0.890. The Morgan fingerprint density at radius 3 is 2.92 bits per heavy atom. The van der Waals surface area contributed by atoms with Crippen molar-refractivity contribution in [2.45, 2.75) is 12.8 Å². The molecule has 0 bridgehead atoms. The normalized spacial score (nSPS) is 15.8. The minimum Gasteiger partial charge on any atom is -0.454 e. The third-order valence-electron chi connectivity index (χ3n) is 2.20. The van der Waals surface area contributed by atoms with Crippen LogP contribution in [0, 0.1) is 0 Å². The molecule has 1 unspecified atom stereocenters. The molecule has 0 N–H and O–H groups in total. The standard InChI is InChI=1S/C10H11ClO2/c1-7(5-11)8-2-3-9-10(4-8)13-6-12-9/h2-4,7H,5-6H2,1H3. The van der Waals surface area contributed by atoms with Crippen LogP contribution < -0.4 is 9.47 Å². The third kappa shape index (κ3) is 1.59. The fourth-order valence-electron chi connectivity index (χ4n) is 1.31. The molecule has 1 aliphatic rings. The van der Waals surface area contributed by atoms with Crippen molar-refractivity contribution in [3.05, 3.63) is 23.8 Å². The van der Waals surface area contributed by atoms with Gasteiger partial charge in [-0.2, -0.15) is 0 Å². The predicted molar refractivity (Wildman–Crippen MR) is 51.7 cm³/mol. The van der Waals surface area contributed by atoms with Crippen molar-refractivity contribution in [2.75, 3.05) is 12.7 Å². The van der Waals surface area contributed by atoms with Crippen LogP contribution in [0.1, 0.15) is 18.4 Å². The third-order valence-corrected chi connectivity index (χ3v) is 2.66. The summed E-state index contributed by atoms with van der Waals surface area (Å²) in [4.78, 5) is 0. The Kier molecular flexibility index (Phi) is 2.32. The highest BCUT2D eigenvalue weighted by atomic mass is 35.5. The van der Waals surface area contributed by atoms with Gasteiger partial charge in [0.15, 0.2) is 11.5 Å². The van der Waals surface area contributed by atoms with Gasteiger partial charge < -0.3 is 9.47 Å². The van der Waals surface area contributed by atoms with Crippen LogP contribution in [0.15, 0.2) is 18.2 Å². The molecule has 70 valence electrons. The molecule has 0 fully saturated rings. The van der Waals surface area contributed by atoms with Gasteiger partial charge in [-0.3, -0.25) is 0 Å². The van der Waals surface area contributed by atoms with Gasteiger partial charge in [0, 0.05) is 5.88 Å². The topological polar surface area (TPSA) is 18.5 Å². The second-order valence-corrected chi connectivity index (χ2v) is 3.48. The Bertz CT molecular complexity index is 312. The number of fused-ring (bicyclic) bond motifs is 1. The quantitative estimate of drug-likeness (QED) is 0.681. The van der Waals surface area contributed by atoms with Crippen molar-refractivity contribution < 1.29 is 9.47 Å². The van der Waals surface area contributed by atoms with Crippen molar-refractivity contribution in [3.63, 3.8) is 0 Å². The summed E-state index contributed by atoms with van der Waals surface area (Å²) in [7, 11) is 0. The van der Waals surface area contributed by atoms with Gasteiger partial charge in [0.25, 0.3) is 0 Å². The van der Waals surface area contributed by atoms with E-state index in [9.17, 15) is 0 Å². The molecule has 1 atom stereocenters. The number of rotatable bonds is 2. The molecular weight excluding hydrogens is 188 g/mol. The summed E-state index contributed by atoms with van der Waals surface area (Å²) in [6.07, 6.45) is 0. The summed E-state index contributed by atoms with van der Waals surface area (Å²) in [5, 5.41) is 0. The minimum absolute atomic E-state index is 0.327. The van der Waals surface area contributed by atoms with Crippen molar-refractivity contribution in [2.24, 2.45) is 0 Å². The average Bonchev–Trinajstić information content (AvgIpc) is 2.63. The lowest BCUT2D eigenvalue weighted by Crippen LogP contribution is -1.94. The maximum atomic E-state index is 5.77. The lowest BCUT2D eigenvalue weighted by atomic mass is 10.0. The molecule has 0 amide bonds. The van der Waals surface area contributed by atoms with Crippen molar-refractivity contribution >= 4 is 11.6 Å². The first kappa shape index (κ1) is 8.70. The van der Waals surface area contributed by atoms with E-state index >= 15 is 0 Å². The van der Waals surface area contributed by atoms with E-state index in [4.69, 9.17) is 21.1 Å². The fraction of sp³-hybridized carbons (Fsp3) is 0.400. The average molecular weight is 199 g/mol. The monoisotopic (exact) mass is 198 g/mol. The van der Waals surface area contributed by atoms with Crippen LogP contribution >= 0.6 is 11.6 Å². The second-order valence-electron chi connectivity index (χ2n) is 3.17. The number of ether oxygens (including phenoxy) is 2. The van der Waals surface area contributed by atoms with Crippen LogP contribution in [0.2, 0.25) is 0 Å². The van der Waals surface area contributed by atoms with Crippen LogP contribution in [0.4, 0.5) is 0 Å². The molecule has 3 heteroatoms. The Morgan fingerprint density at radius 2 is 2.15 bits per heavy atom. The Labute approximate surface area is 82.4 Å². The van der Waals surface area contributed by atoms with Crippen LogP contribution in [0.5, 0.6) is 11.5 Å². The van der Waals surface area contributed by atoms with E-state index in [-0.39, 0.29) is 0 Å². The van der Waals surface area contributed by atoms with Gasteiger partial charge in [0.1, 0.15) is 0 Å². The van der Waals surface area contributed by atoms with E-state index in [1.807, 2.05) is 18.2 Å². The number of alkyl halides is 1. The highest BCUT2D eigenvalue weighted by Gasteiger charge is 2.14. The first-order chi connectivity index (χ1) is 6.31. The predicted octanol–water partition coefficient (Wildman–Crippen LogP) is 2.76. The van der Waals surface area contributed by atoms with Gasteiger partial charge in [0.05, 0.1) is 0 Å². The number of halogens is 1. The smallest absolute Gasteiger partial charge is 0.231 e. The molecule has 2 rings (SSSR count). The summed E-state index contributed by atoms with van der Waals surface area (Å²) >= 11 is 5.77. The van der Waals surface area contributed by atoms with Crippen molar-refractivity contribution in [3.8, 4) is 11.5 Å². The molecule has 0 radical (unpaired) electrons. The van der Waals surface area contributed by atoms with E-state index in [2.05, 4.69) is 6.92 Å². The van der Waals surface area contributed by atoms with E-state index in [1.54, 1.807) is 0 Å². The van der Waals surface area contributed by atoms with Gasteiger partial charge in [-0.25, -0.2) is 0 Å². The molecule has 1 heterocycles. The van der Waals surface area contributed by atoms with E-state index in [0.717, 1.165) is 11.5 Å². The molecule has 1 aliphatic heterocycles. The lowest BCUT2D eigenvalue weighted by Gasteiger charge is -2.07. The summed E-state index contributed by atoms with van der Waals surface area (Å²) in [5.74, 6) is 2.63. The summed E-state index contributed by atoms with van der Waals surface area (Å²) < 4.78 is 10.5. The molecule has 13 heavy (non-hydrogen) atoms. The van der Waals surface area contributed by atoms with E-state index in [1.165, 1.54) is 5.56 Å². The van der Waals surface area contributed by atoms with Crippen molar-refractivity contribution in [1.82, 2.24) is 0 Å². The minimum atomic E-state index is 0.327. The SMILES string of the molecule is CC(CCl)c1ccc2c(c1)OCO2. The summed E-state index contributed by atoms with van der Waals surface area (Å²) in [6, 6.07) is 5.96. The number of benzene rings is 1. The van der Waals surface area contributed by atoms with Gasteiger partial charge in [-0.05, 0) is 23.6 Å². The highest BCUT2D eigenvalue weighted by molar-refractivity contribution is 6.18. The van der Waals surface area contributed by atoms with Crippen molar-refractivity contribution in [1.29, 1.82) is 0 Å². The maximum Gasteiger partial charge on any atom is 0.231 e. The summed E-state index contributed by atoms with van der Waals surface area (Å²) in [6.45, 7) is 2.42. The summed E-state index contributed by atoms with van der Waals surface area (Å²) in [5.41, 5.74) is 1.19. The number of hydrogen-bond acceptors (Lipinski definition) is 2. The molecule has 0 saturated heterocycles. The molecular formula is C10H11ClO2. The molecule has 2 nitrogen and oxygen atoms in total. The molecule has 0 spiro atoms. The van der Waals surface area contributed by atoms with E-state index < -0.39 is 0 Å². The van der Waals surface area contributed by atoms with Crippen LogP contribution in [0.3, 0.4) is 0 Å². The molecule has 1 aromatic carbocycles. The van der Waals surface area contributed by atoms with Crippen LogP contribution in [-0.4, -0.2) is 12.7 Å². The first-order valence-electron chi connectivity index (χ1n) is 4.27. The molecule has 1 aromatic rings. The zero-order valence-corrected chi connectivity index (χ0v) is 8.17. The lowest BCUT2D eigenvalue weighted by molar-refractivity contribution is 0.174. The number of hydrogen-bond donors (Lipinski definition) is 0. The van der Waals surface area contributed by atoms with Gasteiger partial charge in [0.2, 0.25) is 6.79 Å². The van der Waals surface area contributed by atoms with Crippen LogP contribution in [-0.2, 0) is 0 Å². The molecule has 0 aromatic heterocycles. The Morgan fingerprint density at radius 1 is 1.38 bits per heavy atom.